The molecule has 10 nitrogen and oxygen atoms in total. The summed E-state index contributed by atoms with van der Waals surface area (Å²) >= 11 is 0. The van der Waals surface area contributed by atoms with Crippen LogP contribution < -0.4 is 4.74 Å². The van der Waals surface area contributed by atoms with Gasteiger partial charge in [0.15, 0.2) is 0 Å². The van der Waals surface area contributed by atoms with Crippen LogP contribution in [0.15, 0.2) is 29.2 Å². The van der Waals surface area contributed by atoms with Gasteiger partial charge >= 0.3 is 5.97 Å². The molecule has 0 radical (unpaired) electrons. The third-order valence-electron chi connectivity index (χ3n) is 5.55. The van der Waals surface area contributed by atoms with Crippen molar-refractivity contribution in [1.82, 2.24) is 14.1 Å². The fourth-order valence-electron chi connectivity index (χ4n) is 3.76. The maximum Gasteiger partial charge on any atom is 0.322 e. The highest BCUT2D eigenvalue weighted by molar-refractivity contribution is 7.89. The Morgan fingerprint density at radius 1 is 1.12 bits per heavy atom. The Labute approximate surface area is 189 Å². The molecule has 2 rings (SSSR count). The van der Waals surface area contributed by atoms with E-state index in [9.17, 15) is 23.1 Å². The first-order valence-corrected chi connectivity index (χ1v) is 12.1. The van der Waals surface area contributed by atoms with Crippen molar-refractivity contribution in [3.8, 4) is 5.75 Å². The van der Waals surface area contributed by atoms with E-state index < -0.39 is 28.0 Å². The third kappa shape index (κ3) is 6.41. The molecule has 1 unspecified atom stereocenters. The number of rotatable bonds is 11. The van der Waals surface area contributed by atoms with Gasteiger partial charge in [0.1, 0.15) is 11.8 Å². The monoisotopic (exact) mass is 471 g/mol. The lowest BCUT2D eigenvalue weighted by atomic mass is 10.0. The number of hydrogen-bond donors (Lipinski definition) is 2. The number of nitrogens with zero attached hydrogens (tertiary/aromatic N) is 3. The normalized spacial score (nSPS) is 16.4. The first-order valence-electron chi connectivity index (χ1n) is 10.6. The van der Waals surface area contributed by atoms with Crippen LogP contribution >= 0.6 is 0 Å². The minimum Gasteiger partial charge on any atom is -0.497 e. The molecule has 1 aromatic rings. The summed E-state index contributed by atoms with van der Waals surface area (Å²) in [6, 6.07) is 4.40. The Kier molecular flexibility index (Phi) is 9.44. The van der Waals surface area contributed by atoms with E-state index >= 15 is 0 Å². The molecule has 0 aromatic heterocycles. The van der Waals surface area contributed by atoms with Gasteiger partial charge in [0.05, 0.1) is 18.6 Å². The Morgan fingerprint density at radius 2 is 1.72 bits per heavy atom. The summed E-state index contributed by atoms with van der Waals surface area (Å²) in [5.74, 6) is -1.51. The Bertz CT molecular complexity index is 866. The van der Waals surface area contributed by atoms with Crippen LogP contribution in [-0.2, 0) is 19.6 Å². The molecule has 1 saturated heterocycles. The summed E-state index contributed by atoms with van der Waals surface area (Å²) in [6.07, 6.45) is -0.119. The smallest absolute Gasteiger partial charge is 0.322 e. The number of carboxylic acids is 1. The van der Waals surface area contributed by atoms with Crippen LogP contribution in [-0.4, -0.2) is 104 Å². The molecule has 11 heteroatoms. The SMILES string of the molecule is COc1ccc(S(=O)(=O)N(CCC(=O)N2CCN(CCO)CC2)C(C(=O)O)C(C)C)cc1. The summed E-state index contributed by atoms with van der Waals surface area (Å²) in [7, 11) is -2.71. The van der Waals surface area contributed by atoms with Crippen molar-refractivity contribution in [2.75, 3.05) is 53.0 Å². The third-order valence-corrected chi connectivity index (χ3v) is 7.44. The molecule has 0 spiro atoms. The fraction of sp³-hybridized carbons (Fsp3) is 0.619. The second-order valence-corrected chi connectivity index (χ2v) is 9.90. The van der Waals surface area contributed by atoms with Gasteiger partial charge in [-0.15, -0.1) is 0 Å². The second-order valence-electron chi connectivity index (χ2n) is 8.01. The van der Waals surface area contributed by atoms with Gasteiger partial charge in [0.2, 0.25) is 15.9 Å². The zero-order chi connectivity index (χ0) is 23.9. The lowest BCUT2D eigenvalue weighted by Gasteiger charge is -2.35. The van der Waals surface area contributed by atoms with E-state index in [0.29, 0.717) is 38.5 Å². The molecule has 1 amide bonds. The molecule has 32 heavy (non-hydrogen) atoms. The van der Waals surface area contributed by atoms with Crippen LogP contribution in [0.2, 0.25) is 0 Å². The van der Waals surface area contributed by atoms with E-state index in [1.807, 2.05) is 4.90 Å². The number of benzene rings is 1. The van der Waals surface area contributed by atoms with Gasteiger partial charge in [-0.1, -0.05) is 13.8 Å². The fourth-order valence-corrected chi connectivity index (χ4v) is 5.47. The van der Waals surface area contributed by atoms with Crippen LogP contribution in [0.5, 0.6) is 5.75 Å². The van der Waals surface area contributed by atoms with Gasteiger partial charge in [-0.25, -0.2) is 8.42 Å². The standard InChI is InChI=1S/C21H33N3O7S/c1-16(2)20(21(27)28)24(32(29,30)18-6-4-17(31-3)5-7-18)9-8-19(26)23-12-10-22(11-13-23)14-15-25/h4-7,16,20,25H,8-15H2,1-3H3,(H,27,28). The van der Waals surface area contributed by atoms with Crippen molar-refractivity contribution < 1.29 is 33.0 Å². The predicted molar refractivity (Wildman–Crippen MR) is 118 cm³/mol. The summed E-state index contributed by atoms with van der Waals surface area (Å²) < 4.78 is 32.7. The summed E-state index contributed by atoms with van der Waals surface area (Å²) in [6.45, 7) is 5.86. The largest absolute Gasteiger partial charge is 0.497 e. The zero-order valence-electron chi connectivity index (χ0n) is 18.8. The quantitative estimate of drug-likeness (QED) is 0.472. The molecular formula is C21H33N3O7S. The number of ether oxygens (including phenoxy) is 1. The van der Waals surface area contributed by atoms with Crippen LogP contribution in [0, 0.1) is 5.92 Å². The highest BCUT2D eigenvalue weighted by Gasteiger charge is 2.38. The highest BCUT2D eigenvalue weighted by atomic mass is 32.2. The Morgan fingerprint density at radius 3 is 2.19 bits per heavy atom. The van der Waals surface area contributed by atoms with E-state index in [-0.39, 0.29) is 30.4 Å². The average Bonchev–Trinajstić information content (AvgIpc) is 2.76. The maximum absolute atomic E-state index is 13.4. The number of carbonyl (C=O) groups excluding carboxylic acids is 1. The minimum atomic E-state index is -4.17. The zero-order valence-corrected chi connectivity index (χ0v) is 19.6. The van der Waals surface area contributed by atoms with Crippen LogP contribution in [0.4, 0.5) is 0 Å². The Hall–Kier alpha value is -2.21. The number of aliphatic hydroxyl groups excluding tert-OH is 1. The van der Waals surface area contributed by atoms with Crippen molar-refractivity contribution in [1.29, 1.82) is 0 Å². The lowest BCUT2D eigenvalue weighted by molar-refractivity contribution is -0.143. The second kappa shape index (κ2) is 11.6. The van der Waals surface area contributed by atoms with Crippen molar-refractivity contribution in [3.63, 3.8) is 0 Å². The molecular weight excluding hydrogens is 438 g/mol. The number of aliphatic hydroxyl groups is 1. The molecule has 1 heterocycles. The van der Waals surface area contributed by atoms with Crippen LogP contribution in [0.1, 0.15) is 20.3 Å². The molecule has 180 valence electrons. The predicted octanol–water partition coefficient (Wildman–Crippen LogP) is 0.322. The number of carbonyl (C=O) groups is 2. The first kappa shape index (κ1) is 26.0. The van der Waals surface area contributed by atoms with Crippen LogP contribution in [0.3, 0.4) is 0 Å². The molecule has 1 aromatic carbocycles. The molecule has 2 N–H and O–H groups in total. The Balaban J connectivity index is 2.20. The van der Waals surface area contributed by atoms with Crippen molar-refractivity contribution in [2.24, 2.45) is 5.92 Å². The molecule has 0 aliphatic carbocycles. The van der Waals surface area contributed by atoms with E-state index in [2.05, 4.69) is 0 Å². The van der Waals surface area contributed by atoms with Gasteiger partial charge in [0.25, 0.3) is 0 Å². The van der Waals surface area contributed by atoms with Gasteiger partial charge in [-0.05, 0) is 30.2 Å². The molecule has 1 atom stereocenters. The number of piperazine rings is 1. The molecule has 1 fully saturated rings. The summed E-state index contributed by atoms with van der Waals surface area (Å²) in [5.41, 5.74) is 0. The highest BCUT2D eigenvalue weighted by Crippen LogP contribution is 2.25. The van der Waals surface area contributed by atoms with Crippen molar-refractivity contribution in [2.45, 2.75) is 31.2 Å². The molecule has 1 aliphatic heterocycles. The molecule has 0 saturated carbocycles. The number of sulfonamides is 1. The number of aliphatic carboxylic acids is 1. The maximum atomic E-state index is 13.4. The van der Waals surface area contributed by atoms with Gasteiger partial charge in [-0.2, -0.15) is 4.31 Å². The van der Waals surface area contributed by atoms with E-state index in [1.165, 1.54) is 31.4 Å². The lowest BCUT2D eigenvalue weighted by Crippen LogP contribution is -2.51. The minimum absolute atomic E-state index is 0.0535. The van der Waals surface area contributed by atoms with E-state index in [1.54, 1.807) is 18.7 Å². The number of carboxylic acid groups (broad SMARTS) is 1. The molecule has 0 bridgehead atoms. The number of hydrogen-bond acceptors (Lipinski definition) is 7. The van der Waals surface area contributed by atoms with Gasteiger partial charge in [0, 0.05) is 45.7 Å². The van der Waals surface area contributed by atoms with Crippen LogP contribution in [0.25, 0.3) is 0 Å². The van der Waals surface area contributed by atoms with E-state index in [4.69, 9.17) is 9.84 Å². The average molecular weight is 472 g/mol. The first-order chi connectivity index (χ1) is 15.1. The van der Waals surface area contributed by atoms with Gasteiger partial charge < -0.3 is 19.8 Å². The van der Waals surface area contributed by atoms with E-state index in [0.717, 1.165) is 4.31 Å². The number of β-amino-alcohol motifs (C(OH)–C–C–N with tert-alkyl or cyclic N) is 1. The number of methoxy groups -OCH3 is 1. The summed E-state index contributed by atoms with van der Waals surface area (Å²) in [5, 5.41) is 18.8. The number of amides is 1. The van der Waals surface area contributed by atoms with Crippen molar-refractivity contribution >= 4 is 21.9 Å². The van der Waals surface area contributed by atoms with Gasteiger partial charge in [-0.3, -0.25) is 14.5 Å². The topological polar surface area (TPSA) is 128 Å². The molecule has 1 aliphatic rings. The summed E-state index contributed by atoms with van der Waals surface area (Å²) in [4.78, 5) is 28.3. The van der Waals surface area contributed by atoms with Crippen molar-refractivity contribution in [3.05, 3.63) is 24.3 Å².